The number of allylic oxidation sites excluding steroid dienone is 6. The van der Waals surface area contributed by atoms with Gasteiger partial charge in [0.25, 0.3) is 24.3 Å². The number of primary amides is 1. The van der Waals surface area contributed by atoms with Crippen molar-refractivity contribution in [2.75, 3.05) is 50.5 Å². The Morgan fingerprint density at radius 2 is 1.84 bits per heavy atom. The second-order valence-corrected chi connectivity index (χ2v) is 14.5. The predicted molar refractivity (Wildman–Crippen MR) is 242 cm³/mol. The summed E-state index contributed by atoms with van der Waals surface area (Å²) in [6.07, 6.45) is 13.0. The van der Waals surface area contributed by atoms with E-state index in [0.717, 1.165) is 62.5 Å². The predicted octanol–water partition coefficient (Wildman–Crippen LogP) is 7.25. The maximum absolute atomic E-state index is 12.9. The zero-order chi connectivity index (χ0) is 44.2. The van der Waals surface area contributed by atoms with E-state index in [2.05, 4.69) is 53.1 Å². The summed E-state index contributed by atoms with van der Waals surface area (Å²) in [4.78, 5) is 80.4. The first-order valence-electron chi connectivity index (χ1n) is 18.8. The van der Waals surface area contributed by atoms with Crippen molar-refractivity contribution in [1.82, 2.24) is 20.4 Å². The number of anilines is 1. The van der Waals surface area contributed by atoms with Crippen LogP contribution in [0.25, 0.3) is 16.3 Å². The number of piperazine rings is 1. The largest absolute Gasteiger partial charge is 0.693 e. The summed E-state index contributed by atoms with van der Waals surface area (Å²) in [5.74, 6) is -0.795. The van der Waals surface area contributed by atoms with Crippen LogP contribution in [-0.2, 0) is 47.1 Å². The van der Waals surface area contributed by atoms with Gasteiger partial charge in [0.1, 0.15) is 0 Å². The molecule has 0 saturated carbocycles. The van der Waals surface area contributed by atoms with E-state index in [1.165, 1.54) is 18.0 Å². The van der Waals surface area contributed by atoms with Gasteiger partial charge in [0, 0.05) is 61.8 Å². The molecule has 2 aliphatic rings. The number of unbranched alkanes of at least 4 members (excludes halogenated alkanes) is 2. The van der Waals surface area contributed by atoms with Crippen LogP contribution < -0.4 is 21.7 Å². The van der Waals surface area contributed by atoms with E-state index in [-0.39, 0.29) is 80.6 Å². The number of nitrogens with two attached hydrogens (primary N) is 2. The topological polar surface area (TPSA) is 248 Å². The molecule has 5 amide bonds. The fourth-order valence-corrected chi connectivity index (χ4v) is 6.18. The monoisotopic (exact) mass is 955 g/mol. The molecule has 1 saturated heterocycles. The van der Waals surface area contributed by atoms with Crippen molar-refractivity contribution in [2.45, 2.75) is 72.8 Å². The molecule has 0 aromatic heterocycles. The van der Waals surface area contributed by atoms with E-state index in [0.29, 0.717) is 40.0 Å². The molecule has 17 nitrogen and oxygen atoms in total. The van der Waals surface area contributed by atoms with Crippen LogP contribution in [0, 0.1) is 18.1 Å². The molecule has 0 aliphatic carbocycles. The van der Waals surface area contributed by atoms with Gasteiger partial charge < -0.3 is 49.6 Å². The van der Waals surface area contributed by atoms with Crippen LogP contribution in [0.5, 0.6) is 0 Å². The van der Waals surface area contributed by atoms with Gasteiger partial charge in [-0.15, -0.1) is 20.0 Å². The standard InChI is InChI=1S/C22H30N5O4.C18H22ClN4OS.CH3NO.H2N.Y/c1-16(9-10-24-31)27-21(29)17-6-5-7-18(20(17)22(27)30)25-19(28)8-3-2-4-13-26-14-11-23-12-15-26;1-7-21-16(5)22-12-25-17(11-20-6)18(24)23-15(4)13(2)9-8-10-14(3)19;2-1-3;;/h5-7,16H,2-4,8-15H2,1H3,(H,25,28);5-6,8-11,22H,12H2,1-4H3,(H,23,24);1H,(H2,2,3);1H2;/q2*-1;;-1;/b;9-8-,14-10+,15-13+,17-11-;;;. The Kier molecular flexibility index (Phi) is 33.0. The molecule has 1 aromatic rings. The molecule has 2 heterocycles. The fraction of sp³-hybridized carbons (Fsp3) is 0.439. The SMILES string of the molecule is C#[N+]/C=C(\SCNC(=[CH-])N=[C-]C)C(=O)N/C(C)=C(C)/C=C\C=C(/C)Cl.CC(CCN=O)N1C(=O)c2cccc(NC(=O)CCCCCN3CC[N-]CC3)c2C1=O.NC=O.[NH2-].[Y]. The summed E-state index contributed by atoms with van der Waals surface area (Å²) in [6.45, 7) is 24.5. The molecule has 331 valence electrons. The number of nitrogens with zero attached hydrogens (tertiary/aromatic N) is 6. The van der Waals surface area contributed by atoms with Gasteiger partial charge in [0.05, 0.1) is 23.4 Å². The smallest absolute Gasteiger partial charge is 0.324 e. The van der Waals surface area contributed by atoms with Crippen LogP contribution in [-0.4, -0.2) is 97.2 Å². The Bertz CT molecular complexity index is 1820. The Morgan fingerprint density at radius 1 is 1.16 bits per heavy atom. The van der Waals surface area contributed by atoms with Gasteiger partial charge in [-0.25, -0.2) is 5.82 Å². The van der Waals surface area contributed by atoms with Crippen molar-refractivity contribution in [3.05, 3.63) is 109 Å². The number of amides is 5. The second kappa shape index (κ2) is 34.3. The van der Waals surface area contributed by atoms with Crippen LogP contribution in [0.2, 0.25) is 0 Å². The Morgan fingerprint density at radius 3 is 2.44 bits per heavy atom. The van der Waals surface area contributed by atoms with E-state index >= 15 is 0 Å². The van der Waals surface area contributed by atoms with Gasteiger partial charge in [0.15, 0.2) is 4.91 Å². The van der Waals surface area contributed by atoms with E-state index in [9.17, 15) is 24.1 Å². The molecule has 7 N–H and O–H groups in total. The summed E-state index contributed by atoms with van der Waals surface area (Å²) in [6, 6.07) is 4.45. The number of nitrogens with one attached hydrogen (secondary N) is 3. The first-order valence-corrected chi connectivity index (χ1v) is 20.2. The number of benzene rings is 1. The van der Waals surface area contributed by atoms with E-state index in [4.69, 9.17) is 29.5 Å². The summed E-state index contributed by atoms with van der Waals surface area (Å²) in [7, 11) is 0. The number of rotatable bonds is 20. The molecule has 1 atom stereocenters. The van der Waals surface area contributed by atoms with Gasteiger partial charge in [-0.1, -0.05) is 53.2 Å². The van der Waals surface area contributed by atoms with Crippen molar-refractivity contribution in [1.29, 1.82) is 0 Å². The van der Waals surface area contributed by atoms with Crippen molar-refractivity contribution in [2.24, 2.45) is 15.9 Å². The van der Waals surface area contributed by atoms with Crippen LogP contribution in [0.15, 0.2) is 79.8 Å². The fourth-order valence-electron chi connectivity index (χ4n) is 5.42. The maximum atomic E-state index is 12.9. The molecule has 2 aliphatic heterocycles. The quantitative estimate of drug-likeness (QED) is 0.0118. The third kappa shape index (κ3) is 22.9. The number of nitroso groups, excluding NO2 is 1. The molecule has 1 aromatic carbocycles. The molecule has 61 heavy (non-hydrogen) atoms. The van der Waals surface area contributed by atoms with Crippen molar-refractivity contribution >= 4 is 65.3 Å². The van der Waals surface area contributed by atoms with E-state index in [1.54, 1.807) is 52.0 Å². The summed E-state index contributed by atoms with van der Waals surface area (Å²) in [5.41, 5.74) is 6.63. The number of carbonyl (C=O) groups excluding carboxylic acids is 5. The van der Waals surface area contributed by atoms with Crippen molar-refractivity contribution in [3.63, 3.8) is 0 Å². The molecule has 1 radical (unpaired) electrons. The molecule has 1 unspecified atom stereocenters. The van der Waals surface area contributed by atoms with Gasteiger partial charge in [-0.05, 0) is 95.2 Å². The minimum atomic E-state index is -0.442. The molecule has 3 rings (SSSR count). The number of fused-ring (bicyclic) bond motifs is 1. The molecule has 20 heteroatoms. The Balaban J connectivity index is 0. The third-order valence-corrected chi connectivity index (χ3v) is 9.54. The number of thioether (sulfide) groups is 1. The zero-order valence-corrected chi connectivity index (χ0v) is 39.9. The maximum Gasteiger partial charge on any atom is 0.324 e. The first kappa shape index (κ1) is 58.7. The number of halogens is 1. The van der Waals surface area contributed by atoms with E-state index < -0.39 is 17.9 Å². The van der Waals surface area contributed by atoms with Gasteiger partial charge in [-0.2, -0.15) is 11.1 Å². The van der Waals surface area contributed by atoms with Gasteiger partial charge in [0.2, 0.25) is 12.3 Å². The molecular formula is C41H57ClN11O6SY-3. The van der Waals surface area contributed by atoms with Crippen molar-refractivity contribution in [3.8, 4) is 6.57 Å². The third-order valence-electron chi connectivity index (χ3n) is 8.52. The number of hydrogen-bond donors (Lipinski definition) is 4. The van der Waals surface area contributed by atoms with E-state index in [1.807, 2.05) is 19.1 Å². The van der Waals surface area contributed by atoms with Crippen LogP contribution >= 0.6 is 23.4 Å². The average Bonchev–Trinajstić information content (AvgIpc) is 3.46. The minimum absolute atomic E-state index is 0. The number of carbonyl (C=O) groups is 5. The zero-order valence-electron chi connectivity index (χ0n) is 35.5. The van der Waals surface area contributed by atoms with Crippen LogP contribution in [0.1, 0.15) is 87.4 Å². The average molecular weight is 956 g/mol. The Labute approximate surface area is 394 Å². The van der Waals surface area contributed by atoms with Crippen LogP contribution in [0.4, 0.5) is 5.69 Å². The Hall–Kier alpha value is -4.35. The second-order valence-electron chi connectivity index (χ2n) is 12.9. The summed E-state index contributed by atoms with van der Waals surface area (Å²) < 4.78 is 0. The van der Waals surface area contributed by atoms with Gasteiger partial charge in [-0.3, -0.25) is 28.9 Å². The first-order chi connectivity index (χ1) is 28.2. The molecule has 0 bridgehead atoms. The number of imide groups is 1. The number of aliphatic imine (C=N–C) groups is 1. The molecule has 0 spiro atoms. The normalized spacial score (nSPS) is 14.7. The summed E-state index contributed by atoms with van der Waals surface area (Å²) in [5, 5.41) is 16.2. The van der Waals surface area contributed by atoms with Gasteiger partial charge >= 0.3 is 6.20 Å². The van der Waals surface area contributed by atoms with Crippen LogP contribution in [0.3, 0.4) is 0 Å². The van der Waals surface area contributed by atoms with Crippen molar-refractivity contribution < 1.29 is 56.7 Å². The molecule has 1 fully saturated rings. The molecular weight excluding hydrogens is 899 g/mol. The summed E-state index contributed by atoms with van der Waals surface area (Å²) >= 11 is 6.95. The number of hydrogen-bond acceptors (Lipinski definition) is 11. The minimum Gasteiger partial charge on any atom is -0.693 e.